The Morgan fingerprint density at radius 2 is 1.70 bits per heavy atom. The van der Waals surface area contributed by atoms with E-state index in [1.165, 1.54) is 6.07 Å². The van der Waals surface area contributed by atoms with Crippen LogP contribution in [-0.2, 0) is 6.61 Å². The minimum Gasteiger partial charge on any atom is -0.488 e. The van der Waals surface area contributed by atoms with E-state index >= 15 is 0 Å². The van der Waals surface area contributed by atoms with Gasteiger partial charge in [0, 0.05) is 16.7 Å². The molecule has 27 heavy (non-hydrogen) atoms. The summed E-state index contributed by atoms with van der Waals surface area (Å²) in [4.78, 5) is 12.1. The predicted molar refractivity (Wildman–Crippen MR) is 108 cm³/mol. The van der Waals surface area contributed by atoms with Crippen LogP contribution < -0.4 is 10.4 Å². The van der Waals surface area contributed by atoms with E-state index in [4.69, 9.17) is 20.8 Å². The van der Waals surface area contributed by atoms with E-state index in [9.17, 15) is 4.79 Å². The van der Waals surface area contributed by atoms with E-state index in [0.29, 0.717) is 23.0 Å². The molecule has 0 amide bonds. The van der Waals surface area contributed by atoms with Gasteiger partial charge in [-0.15, -0.1) is 0 Å². The fourth-order valence-electron chi connectivity index (χ4n) is 3.10. The van der Waals surface area contributed by atoms with Crippen molar-refractivity contribution in [3.05, 3.63) is 99.4 Å². The third-order valence-electron chi connectivity index (χ3n) is 4.34. The smallest absolute Gasteiger partial charge is 0.336 e. The maximum atomic E-state index is 12.1. The molecule has 134 valence electrons. The Balaban J connectivity index is 1.84. The standard InChI is InChI=1S/C23H17ClO3/c1-15-11-20(26-14-16-7-9-18(24)10-8-16)23-19(17-5-3-2-4-6-17)13-22(25)27-21(23)12-15/h2-13H,14H2,1H3. The first-order chi connectivity index (χ1) is 13.1. The van der Waals surface area contributed by atoms with E-state index < -0.39 is 0 Å². The van der Waals surface area contributed by atoms with Gasteiger partial charge in [0.2, 0.25) is 0 Å². The summed E-state index contributed by atoms with van der Waals surface area (Å²) in [6.07, 6.45) is 0. The van der Waals surface area contributed by atoms with Crippen LogP contribution >= 0.6 is 11.6 Å². The molecule has 3 aromatic carbocycles. The van der Waals surface area contributed by atoms with Gasteiger partial charge >= 0.3 is 5.63 Å². The maximum absolute atomic E-state index is 12.1. The van der Waals surface area contributed by atoms with Crippen molar-refractivity contribution in [1.82, 2.24) is 0 Å². The van der Waals surface area contributed by atoms with E-state index in [-0.39, 0.29) is 5.63 Å². The average molecular weight is 377 g/mol. The second-order valence-corrected chi connectivity index (χ2v) is 6.83. The molecule has 4 rings (SSSR count). The van der Waals surface area contributed by atoms with Crippen LogP contribution in [0.15, 0.2) is 82.0 Å². The number of hydrogen-bond acceptors (Lipinski definition) is 3. The lowest BCUT2D eigenvalue weighted by atomic mass is 10.0. The molecule has 0 saturated heterocycles. The molecule has 0 spiro atoms. The lowest BCUT2D eigenvalue weighted by molar-refractivity contribution is 0.309. The van der Waals surface area contributed by atoms with Crippen molar-refractivity contribution in [2.45, 2.75) is 13.5 Å². The highest BCUT2D eigenvalue weighted by atomic mass is 35.5. The maximum Gasteiger partial charge on any atom is 0.336 e. The van der Waals surface area contributed by atoms with Crippen molar-refractivity contribution in [1.29, 1.82) is 0 Å². The zero-order chi connectivity index (χ0) is 18.8. The van der Waals surface area contributed by atoms with Crippen LogP contribution in [0.25, 0.3) is 22.1 Å². The Morgan fingerprint density at radius 1 is 0.963 bits per heavy atom. The first-order valence-corrected chi connectivity index (χ1v) is 8.99. The molecule has 0 radical (unpaired) electrons. The number of rotatable bonds is 4. The predicted octanol–water partition coefficient (Wildman–Crippen LogP) is 6.00. The van der Waals surface area contributed by atoms with Gasteiger partial charge in [0.25, 0.3) is 0 Å². The highest BCUT2D eigenvalue weighted by Crippen LogP contribution is 2.35. The number of aryl methyl sites for hydroxylation is 1. The van der Waals surface area contributed by atoms with Gasteiger partial charge in [-0.1, -0.05) is 54.1 Å². The summed E-state index contributed by atoms with van der Waals surface area (Å²) in [6.45, 7) is 2.34. The summed E-state index contributed by atoms with van der Waals surface area (Å²) >= 11 is 5.95. The van der Waals surface area contributed by atoms with E-state index in [0.717, 1.165) is 27.6 Å². The molecule has 0 fully saturated rings. The van der Waals surface area contributed by atoms with Crippen LogP contribution in [0.1, 0.15) is 11.1 Å². The van der Waals surface area contributed by atoms with Gasteiger partial charge in [0.1, 0.15) is 17.9 Å². The number of ether oxygens (including phenoxy) is 1. The van der Waals surface area contributed by atoms with Crippen LogP contribution in [-0.4, -0.2) is 0 Å². The Kier molecular flexibility index (Phi) is 4.69. The minimum atomic E-state index is -0.379. The number of benzene rings is 3. The molecule has 0 saturated carbocycles. The molecule has 1 heterocycles. The van der Waals surface area contributed by atoms with Crippen LogP contribution in [0.3, 0.4) is 0 Å². The van der Waals surface area contributed by atoms with Crippen molar-refractivity contribution >= 4 is 22.6 Å². The second kappa shape index (κ2) is 7.29. The summed E-state index contributed by atoms with van der Waals surface area (Å²) in [5.41, 5.74) is 3.85. The summed E-state index contributed by atoms with van der Waals surface area (Å²) in [5.74, 6) is 0.683. The molecule has 3 nitrogen and oxygen atoms in total. The molecular weight excluding hydrogens is 360 g/mol. The summed E-state index contributed by atoms with van der Waals surface area (Å²) in [5, 5.41) is 1.48. The first kappa shape index (κ1) is 17.4. The zero-order valence-electron chi connectivity index (χ0n) is 14.7. The van der Waals surface area contributed by atoms with Crippen molar-refractivity contribution < 1.29 is 9.15 Å². The molecule has 4 heteroatoms. The van der Waals surface area contributed by atoms with E-state index in [1.54, 1.807) is 0 Å². The van der Waals surface area contributed by atoms with Gasteiger partial charge in [-0.05, 0) is 47.9 Å². The monoisotopic (exact) mass is 376 g/mol. The fraction of sp³-hybridized carbons (Fsp3) is 0.0870. The fourth-order valence-corrected chi connectivity index (χ4v) is 3.22. The Morgan fingerprint density at radius 3 is 2.44 bits per heavy atom. The largest absolute Gasteiger partial charge is 0.488 e. The molecule has 0 bridgehead atoms. The summed E-state index contributed by atoms with van der Waals surface area (Å²) < 4.78 is 11.6. The number of halogens is 1. The molecule has 1 aromatic heterocycles. The molecule has 0 unspecified atom stereocenters. The van der Waals surface area contributed by atoms with Crippen molar-refractivity contribution in [3.8, 4) is 16.9 Å². The van der Waals surface area contributed by atoms with E-state index in [2.05, 4.69) is 0 Å². The SMILES string of the molecule is Cc1cc(OCc2ccc(Cl)cc2)c2c(-c3ccccc3)cc(=O)oc2c1. The van der Waals surface area contributed by atoms with Gasteiger partial charge in [0.05, 0.1) is 5.39 Å². The van der Waals surface area contributed by atoms with Crippen LogP contribution in [0.2, 0.25) is 5.02 Å². The van der Waals surface area contributed by atoms with E-state index in [1.807, 2.05) is 73.7 Å². The van der Waals surface area contributed by atoms with Gasteiger partial charge in [-0.2, -0.15) is 0 Å². The van der Waals surface area contributed by atoms with Gasteiger partial charge in [-0.3, -0.25) is 0 Å². The Bertz CT molecular complexity index is 1150. The Hall–Kier alpha value is -3.04. The first-order valence-electron chi connectivity index (χ1n) is 8.61. The highest BCUT2D eigenvalue weighted by Gasteiger charge is 2.14. The third kappa shape index (κ3) is 3.74. The minimum absolute atomic E-state index is 0.379. The topological polar surface area (TPSA) is 39.4 Å². The lowest BCUT2D eigenvalue weighted by Crippen LogP contribution is -2.02. The quantitative estimate of drug-likeness (QED) is 0.410. The molecule has 0 aliphatic heterocycles. The molecule has 4 aromatic rings. The number of fused-ring (bicyclic) bond motifs is 1. The molecular formula is C23H17ClO3. The lowest BCUT2D eigenvalue weighted by Gasteiger charge is -2.13. The van der Waals surface area contributed by atoms with Crippen molar-refractivity contribution in [2.24, 2.45) is 0 Å². The average Bonchev–Trinajstić information content (AvgIpc) is 2.67. The van der Waals surface area contributed by atoms with Gasteiger partial charge < -0.3 is 9.15 Å². The molecule has 0 N–H and O–H groups in total. The normalized spacial score (nSPS) is 10.9. The van der Waals surface area contributed by atoms with Crippen molar-refractivity contribution in [2.75, 3.05) is 0 Å². The van der Waals surface area contributed by atoms with Crippen molar-refractivity contribution in [3.63, 3.8) is 0 Å². The van der Waals surface area contributed by atoms with Crippen LogP contribution in [0, 0.1) is 6.92 Å². The van der Waals surface area contributed by atoms with Crippen LogP contribution in [0.4, 0.5) is 0 Å². The van der Waals surface area contributed by atoms with Crippen LogP contribution in [0.5, 0.6) is 5.75 Å². The third-order valence-corrected chi connectivity index (χ3v) is 4.60. The Labute approximate surface area is 161 Å². The van der Waals surface area contributed by atoms with Gasteiger partial charge in [0.15, 0.2) is 0 Å². The summed E-state index contributed by atoms with van der Waals surface area (Å²) in [6, 6.07) is 22.6. The molecule has 0 atom stereocenters. The zero-order valence-corrected chi connectivity index (χ0v) is 15.5. The molecule has 0 aliphatic rings. The summed E-state index contributed by atoms with van der Waals surface area (Å²) in [7, 11) is 0. The van der Waals surface area contributed by atoms with Gasteiger partial charge in [-0.25, -0.2) is 4.79 Å². The second-order valence-electron chi connectivity index (χ2n) is 6.40. The molecule has 0 aliphatic carbocycles. The highest BCUT2D eigenvalue weighted by molar-refractivity contribution is 6.30. The number of hydrogen-bond donors (Lipinski definition) is 0.